The van der Waals surface area contributed by atoms with Crippen LogP contribution in [-0.2, 0) is 7.05 Å². The van der Waals surface area contributed by atoms with Crippen molar-refractivity contribution in [2.45, 2.75) is 0 Å². The van der Waals surface area contributed by atoms with Gasteiger partial charge in [0.05, 0.1) is 6.33 Å². The van der Waals surface area contributed by atoms with Gasteiger partial charge in [0, 0.05) is 13.2 Å². The molecule has 0 aliphatic heterocycles. The van der Waals surface area contributed by atoms with E-state index in [0.717, 1.165) is 0 Å². The minimum Gasteiger partial charge on any atom is -0.501 e. The van der Waals surface area contributed by atoms with Crippen molar-refractivity contribution in [2.75, 3.05) is 0 Å². The number of carboxylic acids is 1. The summed E-state index contributed by atoms with van der Waals surface area (Å²) >= 11 is 0. The summed E-state index contributed by atoms with van der Waals surface area (Å²) in [6, 6.07) is 0. The molecule has 0 amide bonds. The number of hydrogen-bond acceptors (Lipinski definition) is 5. The van der Waals surface area contributed by atoms with Gasteiger partial charge in [0.1, 0.15) is 5.69 Å². The molecule has 17 heavy (non-hydrogen) atoms. The van der Waals surface area contributed by atoms with Crippen LogP contribution in [0.5, 0.6) is 5.75 Å². The van der Waals surface area contributed by atoms with Crippen molar-refractivity contribution in [1.29, 1.82) is 0 Å². The van der Waals surface area contributed by atoms with Gasteiger partial charge in [0.15, 0.2) is 11.5 Å². The second kappa shape index (κ2) is 3.74. The molecule has 0 saturated heterocycles. The van der Waals surface area contributed by atoms with Crippen LogP contribution >= 0.6 is 0 Å². The second-order valence-corrected chi connectivity index (χ2v) is 3.34. The molecule has 0 unspecified atom stereocenters. The van der Waals surface area contributed by atoms with Crippen LogP contribution in [0.3, 0.4) is 0 Å². The van der Waals surface area contributed by atoms with E-state index in [0.29, 0.717) is 5.69 Å². The highest BCUT2D eigenvalue weighted by atomic mass is 16.4. The van der Waals surface area contributed by atoms with E-state index >= 15 is 0 Å². The lowest BCUT2D eigenvalue weighted by atomic mass is 10.3. The number of carboxylic acid groups (broad SMARTS) is 1. The van der Waals surface area contributed by atoms with E-state index in [4.69, 9.17) is 5.11 Å². The molecule has 2 rings (SSSR count). The molecular weight excluding hydrogens is 228 g/mol. The first-order valence-corrected chi connectivity index (χ1v) is 4.54. The first-order chi connectivity index (χ1) is 7.99. The lowest BCUT2D eigenvalue weighted by molar-refractivity contribution is 0.0686. The maximum atomic E-state index is 11.3. The predicted molar refractivity (Wildman–Crippen MR) is 55.7 cm³/mol. The highest BCUT2D eigenvalue weighted by Gasteiger charge is 2.18. The van der Waals surface area contributed by atoms with Gasteiger partial charge in [-0.1, -0.05) is 0 Å². The van der Waals surface area contributed by atoms with Crippen LogP contribution in [0.4, 0.5) is 0 Å². The summed E-state index contributed by atoms with van der Waals surface area (Å²) in [5, 5.41) is 18.0. The van der Waals surface area contributed by atoms with Crippen LogP contribution in [0, 0.1) is 0 Å². The van der Waals surface area contributed by atoms with E-state index in [2.05, 4.69) is 15.0 Å². The van der Waals surface area contributed by atoms with E-state index in [1.807, 2.05) is 0 Å². The fraction of sp³-hybridized carbons (Fsp3) is 0.111. The number of hydrogen-bond donors (Lipinski definition) is 3. The highest BCUT2D eigenvalue weighted by Crippen LogP contribution is 2.14. The molecule has 0 radical (unpaired) electrons. The molecule has 0 aliphatic rings. The van der Waals surface area contributed by atoms with E-state index in [1.165, 1.54) is 6.33 Å². The summed E-state index contributed by atoms with van der Waals surface area (Å²) in [6.45, 7) is 0. The van der Waals surface area contributed by atoms with Gasteiger partial charge in [-0.3, -0.25) is 4.79 Å². The van der Waals surface area contributed by atoms with Crippen LogP contribution < -0.4 is 5.56 Å². The van der Waals surface area contributed by atoms with Crippen molar-refractivity contribution in [1.82, 2.24) is 19.5 Å². The number of carbonyl (C=O) groups is 1. The molecule has 2 aromatic heterocycles. The Balaban J connectivity index is 2.65. The Morgan fingerprint density at radius 2 is 2.24 bits per heavy atom. The number of aromatic hydroxyl groups is 1. The number of nitrogens with one attached hydrogen (secondary N) is 1. The van der Waals surface area contributed by atoms with Gasteiger partial charge < -0.3 is 19.8 Å². The average Bonchev–Trinajstić information content (AvgIpc) is 2.68. The molecular formula is C9H8N4O4. The number of H-pyrrole nitrogens is 1. The van der Waals surface area contributed by atoms with Crippen molar-refractivity contribution in [2.24, 2.45) is 7.05 Å². The molecule has 0 aromatic carbocycles. The molecule has 0 atom stereocenters. The molecule has 0 aliphatic carbocycles. The Morgan fingerprint density at radius 1 is 1.53 bits per heavy atom. The Bertz CT molecular complexity index is 643. The van der Waals surface area contributed by atoms with Gasteiger partial charge in [-0.15, -0.1) is 0 Å². The Labute approximate surface area is 94.2 Å². The van der Waals surface area contributed by atoms with Gasteiger partial charge in [-0.2, -0.15) is 0 Å². The van der Waals surface area contributed by atoms with Crippen molar-refractivity contribution >= 4 is 5.97 Å². The standard InChI is InChI=1S/C9H8N4O4/c1-13-2-4(10-3-13)7-11-5(9(16)17)6(14)8(15)12-7/h2-3,14H,1H3,(H,16,17)(H,11,12,15). The summed E-state index contributed by atoms with van der Waals surface area (Å²) in [6.07, 6.45) is 3.03. The van der Waals surface area contributed by atoms with Crippen molar-refractivity contribution in [3.63, 3.8) is 0 Å². The molecule has 88 valence electrons. The van der Waals surface area contributed by atoms with E-state index < -0.39 is 23.0 Å². The van der Waals surface area contributed by atoms with Crippen LogP contribution in [0.25, 0.3) is 11.5 Å². The van der Waals surface area contributed by atoms with Crippen molar-refractivity contribution in [3.8, 4) is 17.3 Å². The van der Waals surface area contributed by atoms with Crippen LogP contribution in [-0.4, -0.2) is 35.7 Å². The number of nitrogens with zero attached hydrogens (tertiary/aromatic N) is 3. The molecule has 2 aromatic rings. The maximum Gasteiger partial charge on any atom is 0.358 e. The normalized spacial score (nSPS) is 10.4. The Hall–Kier alpha value is -2.64. The van der Waals surface area contributed by atoms with Gasteiger partial charge in [-0.05, 0) is 0 Å². The van der Waals surface area contributed by atoms with E-state index in [9.17, 15) is 14.7 Å². The van der Waals surface area contributed by atoms with Gasteiger partial charge >= 0.3 is 5.97 Å². The van der Waals surface area contributed by atoms with Gasteiger partial charge in [-0.25, -0.2) is 14.8 Å². The molecule has 8 heteroatoms. The quantitative estimate of drug-likeness (QED) is 0.650. The minimum absolute atomic E-state index is 0.00852. The number of rotatable bonds is 2. The third-order valence-electron chi connectivity index (χ3n) is 2.04. The van der Waals surface area contributed by atoms with Gasteiger partial charge in [0.25, 0.3) is 5.56 Å². The lowest BCUT2D eigenvalue weighted by Gasteiger charge is -2.00. The van der Waals surface area contributed by atoms with E-state index in [1.54, 1.807) is 17.8 Å². The summed E-state index contributed by atoms with van der Waals surface area (Å²) in [7, 11) is 1.72. The zero-order valence-electron chi connectivity index (χ0n) is 8.71. The lowest BCUT2D eigenvalue weighted by Crippen LogP contribution is -2.15. The first kappa shape index (κ1) is 10.9. The third kappa shape index (κ3) is 1.87. The summed E-state index contributed by atoms with van der Waals surface area (Å²) in [5.74, 6) is -2.41. The monoisotopic (exact) mass is 236 g/mol. The Morgan fingerprint density at radius 3 is 2.76 bits per heavy atom. The fourth-order valence-electron chi connectivity index (χ4n) is 1.27. The zero-order chi connectivity index (χ0) is 12.6. The molecule has 0 fully saturated rings. The number of aromatic amines is 1. The van der Waals surface area contributed by atoms with Crippen molar-refractivity contribution < 1.29 is 15.0 Å². The minimum atomic E-state index is -1.48. The van der Waals surface area contributed by atoms with Crippen LogP contribution in [0.2, 0.25) is 0 Å². The van der Waals surface area contributed by atoms with Crippen LogP contribution in [0.15, 0.2) is 17.3 Å². The second-order valence-electron chi connectivity index (χ2n) is 3.34. The number of aromatic carboxylic acids is 1. The topological polar surface area (TPSA) is 121 Å². The maximum absolute atomic E-state index is 11.3. The Kier molecular flexibility index (Phi) is 2.39. The zero-order valence-corrected chi connectivity index (χ0v) is 8.71. The SMILES string of the molecule is Cn1cnc(-c2nc(C(=O)O)c(O)c(=O)[nH]2)c1. The highest BCUT2D eigenvalue weighted by molar-refractivity contribution is 5.88. The third-order valence-corrected chi connectivity index (χ3v) is 2.04. The number of aromatic nitrogens is 4. The predicted octanol–water partition coefficient (Wildman–Crippen LogP) is -0.426. The van der Waals surface area contributed by atoms with Crippen molar-refractivity contribution in [3.05, 3.63) is 28.6 Å². The van der Waals surface area contributed by atoms with Crippen LogP contribution in [0.1, 0.15) is 10.5 Å². The molecule has 0 spiro atoms. The molecule has 3 N–H and O–H groups in total. The van der Waals surface area contributed by atoms with Gasteiger partial charge in [0.2, 0.25) is 5.75 Å². The molecule has 2 heterocycles. The number of imidazole rings is 1. The smallest absolute Gasteiger partial charge is 0.358 e. The molecule has 0 bridgehead atoms. The fourth-order valence-corrected chi connectivity index (χ4v) is 1.27. The summed E-state index contributed by atoms with van der Waals surface area (Å²) in [5.41, 5.74) is -1.31. The largest absolute Gasteiger partial charge is 0.501 e. The average molecular weight is 236 g/mol. The number of aryl methyl sites for hydroxylation is 1. The van der Waals surface area contributed by atoms with E-state index in [-0.39, 0.29) is 5.82 Å². The first-order valence-electron chi connectivity index (χ1n) is 4.54. The molecule has 0 saturated carbocycles. The summed E-state index contributed by atoms with van der Waals surface area (Å²) in [4.78, 5) is 31.9. The molecule has 8 nitrogen and oxygen atoms in total. The summed E-state index contributed by atoms with van der Waals surface area (Å²) < 4.78 is 1.61.